The van der Waals surface area contributed by atoms with Gasteiger partial charge in [0.1, 0.15) is 36.1 Å². The van der Waals surface area contributed by atoms with Crippen molar-refractivity contribution in [1.82, 2.24) is 0 Å². The van der Waals surface area contributed by atoms with Gasteiger partial charge in [0, 0.05) is 17.5 Å². The molecule has 2 heterocycles. The van der Waals surface area contributed by atoms with Gasteiger partial charge in [-0.25, -0.2) is 0 Å². The van der Waals surface area contributed by atoms with E-state index in [-0.39, 0.29) is 12.3 Å². The topological polar surface area (TPSA) is 85.2 Å². The van der Waals surface area contributed by atoms with Gasteiger partial charge in [-0.1, -0.05) is 24.3 Å². The molecule has 2 N–H and O–H groups in total. The summed E-state index contributed by atoms with van der Waals surface area (Å²) in [5.74, 6) is 3.29. The second-order valence-electron chi connectivity index (χ2n) is 10.9. The minimum atomic E-state index is -0.817. The van der Waals surface area contributed by atoms with E-state index in [2.05, 4.69) is 30.3 Å². The van der Waals surface area contributed by atoms with Crippen molar-refractivity contribution >= 4 is 17.7 Å². The minimum absolute atomic E-state index is 0.0683. The molecule has 6 rings (SSSR count). The first-order chi connectivity index (χ1) is 19.0. The smallest absolute Gasteiger partial charge is 0.304 e. The molecule has 6 nitrogen and oxygen atoms in total. The summed E-state index contributed by atoms with van der Waals surface area (Å²) in [5, 5.41) is 19.9. The molecule has 2 aliphatic heterocycles. The maximum Gasteiger partial charge on any atom is 0.304 e. The van der Waals surface area contributed by atoms with E-state index in [0.29, 0.717) is 31.3 Å². The number of fused-ring (bicyclic) bond motifs is 4. The van der Waals surface area contributed by atoms with E-state index in [9.17, 15) is 9.90 Å². The Morgan fingerprint density at radius 2 is 1.74 bits per heavy atom. The lowest BCUT2D eigenvalue weighted by Gasteiger charge is -2.31. The second kappa shape index (κ2) is 11.1. The third-order valence-electron chi connectivity index (χ3n) is 8.06. The number of aliphatic carboxylic acids is 1. The Kier molecular flexibility index (Phi) is 7.45. The Morgan fingerprint density at radius 1 is 0.949 bits per heavy atom. The summed E-state index contributed by atoms with van der Waals surface area (Å²) >= 11 is 1.89. The number of benzene rings is 3. The molecule has 0 saturated carbocycles. The fourth-order valence-corrected chi connectivity index (χ4v) is 7.04. The first kappa shape index (κ1) is 26.1. The number of aryl methyl sites for hydroxylation is 2. The van der Waals surface area contributed by atoms with Crippen LogP contribution >= 0.6 is 11.8 Å². The maximum atomic E-state index is 11.1. The van der Waals surface area contributed by atoms with E-state index in [1.807, 2.05) is 36.0 Å². The van der Waals surface area contributed by atoms with Crippen LogP contribution in [0, 0.1) is 0 Å². The van der Waals surface area contributed by atoms with Crippen LogP contribution in [0.3, 0.4) is 0 Å². The van der Waals surface area contributed by atoms with E-state index in [1.54, 1.807) is 0 Å². The standard InChI is InChI=1S/C32H34O6S/c33-31(34)16-24-19-37-30-17-26(7-9-28(24)30)36-18-21-4-5-22-2-1-3-23-15-25(6-8-27(23)29(22)14-21)38-20-32(35)10-12-39-13-11-32/h4-9,14-15,17,24,35H,1-3,10-13,16,18-20H2,(H,33,34). The molecule has 0 amide bonds. The number of aliphatic hydroxyl groups is 1. The lowest BCUT2D eigenvalue weighted by Crippen LogP contribution is -2.39. The molecule has 0 radical (unpaired) electrons. The van der Waals surface area contributed by atoms with Crippen LogP contribution in [0.15, 0.2) is 54.6 Å². The van der Waals surface area contributed by atoms with Crippen molar-refractivity contribution in [1.29, 1.82) is 0 Å². The van der Waals surface area contributed by atoms with Gasteiger partial charge < -0.3 is 24.4 Å². The number of carbonyl (C=O) groups is 1. The van der Waals surface area contributed by atoms with Crippen molar-refractivity contribution in [3.63, 3.8) is 0 Å². The molecule has 1 fully saturated rings. The molecule has 39 heavy (non-hydrogen) atoms. The van der Waals surface area contributed by atoms with Gasteiger partial charge in [-0.3, -0.25) is 4.79 Å². The van der Waals surface area contributed by atoms with Crippen molar-refractivity contribution in [2.45, 2.75) is 56.7 Å². The Bertz CT molecular complexity index is 1360. The van der Waals surface area contributed by atoms with Gasteiger partial charge in [0.25, 0.3) is 0 Å². The zero-order chi connectivity index (χ0) is 26.8. The van der Waals surface area contributed by atoms with Crippen LogP contribution < -0.4 is 14.2 Å². The quantitative estimate of drug-likeness (QED) is 0.358. The molecule has 1 unspecified atom stereocenters. The lowest BCUT2D eigenvalue weighted by atomic mass is 9.94. The van der Waals surface area contributed by atoms with Crippen LogP contribution in [0.1, 0.15) is 53.9 Å². The Hall–Kier alpha value is -3.16. The van der Waals surface area contributed by atoms with Crippen molar-refractivity contribution in [3.8, 4) is 28.4 Å². The van der Waals surface area contributed by atoms with Crippen LogP contribution in [-0.4, -0.2) is 46.5 Å². The first-order valence-electron chi connectivity index (χ1n) is 13.8. The number of ether oxygens (including phenoxy) is 3. The maximum absolute atomic E-state index is 11.1. The van der Waals surface area contributed by atoms with E-state index >= 15 is 0 Å². The molecular weight excluding hydrogens is 512 g/mol. The highest BCUT2D eigenvalue weighted by Gasteiger charge is 2.30. The predicted molar refractivity (Wildman–Crippen MR) is 152 cm³/mol. The number of carboxylic acid groups (broad SMARTS) is 1. The Morgan fingerprint density at radius 3 is 2.59 bits per heavy atom. The molecular formula is C32H34O6S. The average Bonchev–Trinajstić information content (AvgIpc) is 3.23. The molecule has 1 aliphatic carbocycles. The van der Waals surface area contributed by atoms with Crippen LogP contribution in [-0.2, 0) is 24.2 Å². The van der Waals surface area contributed by atoms with Gasteiger partial charge in [-0.2, -0.15) is 11.8 Å². The van der Waals surface area contributed by atoms with E-state index in [4.69, 9.17) is 19.3 Å². The molecule has 0 bridgehead atoms. The molecule has 1 atom stereocenters. The van der Waals surface area contributed by atoms with Gasteiger partial charge >= 0.3 is 5.97 Å². The van der Waals surface area contributed by atoms with Crippen molar-refractivity contribution in [2.24, 2.45) is 0 Å². The van der Waals surface area contributed by atoms with Crippen molar-refractivity contribution in [3.05, 3.63) is 76.9 Å². The lowest BCUT2D eigenvalue weighted by molar-refractivity contribution is -0.137. The normalized spacial score (nSPS) is 19.2. The minimum Gasteiger partial charge on any atom is -0.492 e. The molecule has 0 aromatic heterocycles. The van der Waals surface area contributed by atoms with Gasteiger partial charge in [0.15, 0.2) is 0 Å². The second-order valence-corrected chi connectivity index (χ2v) is 12.1. The third kappa shape index (κ3) is 5.89. The Labute approximate surface area is 233 Å². The van der Waals surface area contributed by atoms with Crippen LogP contribution in [0.4, 0.5) is 0 Å². The summed E-state index contributed by atoms with van der Waals surface area (Å²) in [6, 6.07) is 18.6. The van der Waals surface area contributed by atoms with Gasteiger partial charge in [-0.15, -0.1) is 0 Å². The first-order valence-corrected chi connectivity index (χ1v) is 14.9. The molecule has 3 aromatic carbocycles. The zero-order valence-corrected chi connectivity index (χ0v) is 22.8. The average molecular weight is 547 g/mol. The van der Waals surface area contributed by atoms with Gasteiger partial charge in [0.2, 0.25) is 0 Å². The summed E-state index contributed by atoms with van der Waals surface area (Å²) in [6.07, 6.45) is 4.73. The van der Waals surface area contributed by atoms with Gasteiger partial charge in [-0.05, 0) is 95.7 Å². The SMILES string of the molecule is O=C(O)CC1COc2cc(OCc3ccc4c(c3)-c3ccc(OCC5(O)CCSCC5)cc3CCC4)ccc21. The number of hydrogen-bond donors (Lipinski definition) is 2. The number of carboxylic acids is 1. The number of hydrogen-bond acceptors (Lipinski definition) is 6. The molecule has 3 aromatic rings. The van der Waals surface area contributed by atoms with E-state index < -0.39 is 11.6 Å². The monoisotopic (exact) mass is 546 g/mol. The highest BCUT2D eigenvalue weighted by Crippen LogP contribution is 2.39. The van der Waals surface area contributed by atoms with Crippen LogP contribution in [0.5, 0.6) is 17.2 Å². The molecule has 204 valence electrons. The Balaban J connectivity index is 1.15. The predicted octanol–water partition coefficient (Wildman–Crippen LogP) is 6.01. The highest BCUT2D eigenvalue weighted by atomic mass is 32.2. The van der Waals surface area contributed by atoms with Crippen LogP contribution in [0.25, 0.3) is 11.1 Å². The number of rotatable bonds is 8. The highest BCUT2D eigenvalue weighted by molar-refractivity contribution is 7.99. The van der Waals surface area contributed by atoms with Crippen molar-refractivity contribution in [2.75, 3.05) is 24.7 Å². The number of thioether (sulfide) groups is 1. The summed E-state index contributed by atoms with van der Waals surface area (Å²) in [6.45, 7) is 1.17. The third-order valence-corrected chi connectivity index (χ3v) is 9.04. The molecule has 7 heteroatoms. The molecule has 1 saturated heterocycles. The van der Waals surface area contributed by atoms with Crippen LogP contribution in [0.2, 0.25) is 0 Å². The summed E-state index contributed by atoms with van der Waals surface area (Å²) < 4.78 is 17.9. The molecule has 0 spiro atoms. The zero-order valence-electron chi connectivity index (χ0n) is 22.0. The summed E-state index contributed by atoms with van der Waals surface area (Å²) in [4.78, 5) is 11.1. The van der Waals surface area contributed by atoms with Gasteiger partial charge in [0.05, 0.1) is 13.0 Å². The van der Waals surface area contributed by atoms with Crippen molar-refractivity contribution < 1.29 is 29.2 Å². The summed E-state index contributed by atoms with van der Waals surface area (Å²) in [7, 11) is 0. The fourth-order valence-electron chi connectivity index (χ4n) is 5.79. The largest absolute Gasteiger partial charge is 0.492 e. The fraction of sp³-hybridized carbons (Fsp3) is 0.406. The molecule has 3 aliphatic rings. The summed E-state index contributed by atoms with van der Waals surface area (Å²) in [5.41, 5.74) is 6.40. The van der Waals surface area contributed by atoms with E-state index in [1.165, 1.54) is 22.3 Å². The van der Waals surface area contributed by atoms with E-state index in [0.717, 1.165) is 60.5 Å².